The minimum atomic E-state index is -3.53. The number of fused-ring (bicyclic) bond motifs is 1. The molecular weight excluding hydrogens is 372 g/mol. The van der Waals surface area contributed by atoms with E-state index in [-0.39, 0.29) is 10.1 Å². The van der Waals surface area contributed by atoms with E-state index in [9.17, 15) is 13.5 Å². The first-order chi connectivity index (χ1) is 12.6. The summed E-state index contributed by atoms with van der Waals surface area (Å²) in [5.41, 5.74) is 2.13. The maximum atomic E-state index is 12.6. The highest BCUT2D eigenvalue weighted by Crippen LogP contribution is 2.40. The van der Waals surface area contributed by atoms with E-state index in [1.807, 2.05) is 24.3 Å². The lowest BCUT2D eigenvalue weighted by Gasteiger charge is -2.25. The zero-order valence-corrected chi connectivity index (χ0v) is 15.7. The third kappa shape index (κ3) is 3.39. The molecule has 1 aliphatic heterocycles. The molecule has 1 aliphatic carbocycles. The highest BCUT2D eigenvalue weighted by Gasteiger charge is 2.32. The number of thioether (sulfide) groups is 1. The van der Waals surface area contributed by atoms with Gasteiger partial charge < -0.3 is 9.84 Å². The molecule has 0 saturated carbocycles. The van der Waals surface area contributed by atoms with E-state index in [0.717, 1.165) is 17.5 Å². The molecule has 0 amide bonds. The van der Waals surface area contributed by atoms with Gasteiger partial charge in [-0.15, -0.1) is 0 Å². The van der Waals surface area contributed by atoms with Gasteiger partial charge in [0.2, 0.25) is 10.0 Å². The van der Waals surface area contributed by atoms with Gasteiger partial charge in [-0.25, -0.2) is 13.4 Å². The number of aliphatic hydroxyl groups is 1. The summed E-state index contributed by atoms with van der Waals surface area (Å²) in [6, 6.07) is 11.2. The van der Waals surface area contributed by atoms with Crippen LogP contribution in [0.25, 0.3) is 0 Å². The molecule has 26 heavy (non-hydrogen) atoms. The molecule has 0 spiro atoms. The Kier molecular flexibility index (Phi) is 5.02. The number of pyridine rings is 1. The van der Waals surface area contributed by atoms with Crippen molar-refractivity contribution in [1.82, 2.24) is 9.29 Å². The van der Waals surface area contributed by atoms with Crippen LogP contribution >= 0.6 is 11.8 Å². The summed E-state index contributed by atoms with van der Waals surface area (Å²) in [5, 5.41) is 11.2. The van der Waals surface area contributed by atoms with E-state index in [1.54, 1.807) is 12.1 Å². The molecule has 6 nitrogen and oxygen atoms in total. The molecule has 4 rings (SSSR count). The van der Waals surface area contributed by atoms with Gasteiger partial charge in [0.05, 0.1) is 24.3 Å². The molecule has 1 saturated heterocycles. The Morgan fingerprint density at radius 3 is 2.62 bits per heavy atom. The molecule has 1 fully saturated rings. The maximum absolute atomic E-state index is 12.6. The molecule has 2 aliphatic rings. The Morgan fingerprint density at radius 2 is 1.92 bits per heavy atom. The monoisotopic (exact) mass is 392 g/mol. The van der Waals surface area contributed by atoms with Crippen molar-refractivity contribution >= 4 is 21.8 Å². The van der Waals surface area contributed by atoms with Crippen molar-refractivity contribution in [2.75, 3.05) is 26.3 Å². The van der Waals surface area contributed by atoms with Gasteiger partial charge in [-0.2, -0.15) is 4.31 Å². The van der Waals surface area contributed by atoms with Crippen LogP contribution in [0.5, 0.6) is 0 Å². The fourth-order valence-electron chi connectivity index (χ4n) is 3.32. The molecule has 0 unspecified atom stereocenters. The van der Waals surface area contributed by atoms with Crippen molar-refractivity contribution in [3.05, 3.63) is 53.7 Å². The van der Waals surface area contributed by atoms with Gasteiger partial charge in [0, 0.05) is 24.5 Å². The van der Waals surface area contributed by atoms with Crippen molar-refractivity contribution in [3.8, 4) is 0 Å². The van der Waals surface area contributed by atoms with Crippen LogP contribution in [0.15, 0.2) is 52.5 Å². The van der Waals surface area contributed by atoms with E-state index >= 15 is 0 Å². The average Bonchev–Trinajstić information content (AvgIpc) is 2.99. The van der Waals surface area contributed by atoms with Crippen molar-refractivity contribution in [3.63, 3.8) is 0 Å². The van der Waals surface area contributed by atoms with Gasteiger partial charge in [-0.1, -0.05) is 36.0 Å². The van der Waals surface area contributed by atoms with E-state index in [4.69, 9.17) is 4.74 Å². The molecule has 1 aromatic heterocycles. The van der Waals surface area contributed by atoms with Crippen LogP contribution in [-0.4, -0.2) is 54.4 Å². The third-order valence-electron chi connectivity index (χ3n) is 4.74. The fraction of sp³-hybridized carbons (Fsp3) is 0.389. The molecule has 2 atom stereocenters. The quantitative estimate of drug-likeness (QED) is 0.856. The van der Waals surface area contributed by atoms with Crippen molar-refractivity contribution < 1.29 is 18.3 Å². The van der Waals surface area contributed by atoms with Crippen LogP contribution in [0.2, 0.25) is 0 Å². The SMILES string of the molecule is O=S(=O)(c1ccc(S[C@@H]2Cc3ccccc3[C@H]2O)nc1)N1CCOCC1. The molecule has 138 valence electrons. The van der Waals surface area contributed by atoms with Gasteiger partial charge in [0.15, 0.2) is 0 Å². The Labute approximate surface area is 157 Å². The molecular formula is C18H20N2O4S2. The summed E-state index contributed by atoms with van der Waals surface area (Å²) in [7, 11) is -3.53. The number of morpholine rings is 1. The van der Waals surface area contributed by atoms with Crippen molar-refractivity contribution in [2.24, 2.45) is 0 Å². The predicted molar refractivity (Wildman–Crippen MR) is 98.6 cm³/mol. The molecule has 0 bridgehead atoms. The number of nitrogens with zero attached hydrogens (tertiary/aromatic N) is 2. The third-order valence-corrected chi connectivity index (χ3v) is 7.83. The molecule has 1 N–H and O–H groups in total. The van der Waals surface area contributed by atoms with Gasteiger partial charge >= 0.3 is 0 Å². The van der Waals surface area contributed by atoms with Gasteiger partial charge in [0.25, 0.3) is 0 Å². The predicted octanol–water partition coefficient (Wildman–Crippen LogP) is 1.85. The molecule has 0 radical (unpaired) electrons. The van der Waals surface area contributed by atoms with Gasteiger partial charge in [0.1, 0.15) is 4.90 Å². The lowest BCUT2D eigenvalue weighted by atomic mass is 10.1. The topological polar surface area (TPSA) is 79.7 Å². The molecule has 8 heteroatoms. The number of sulfonamides is 1. The smallest absolute Gasteiger partial charge is 0.244 e. The first kappa shape index (κ1) is 17.9. The lowest BCUT2D eigenvalue weighted by molar-refractivity contribution is 0.0730. The standard InChI is InChI=1S/C18H20N2O4S2/c21-18-15-4-2-1-3-13(15)11-16(18)25-17-6-5-14(12-19-17)26(22,23)20-7-9-24-10-8-20/h1-6,12,16,18,21H,7-11H2/t16-,18-/m1/s1. The highest BCUT2D eigenvalue weighted by atomic mass is 32.2. The lowest BCUT2D eigenvalue weighted by Crippen LogP contribution is -2.40. The number of aromatic nitrogens is 1. The van der Waals surface area contributed by atoms with Gasteiger partial charge in [-0.05, 0) is 29.7 Å². The Balaban J connectivity index is 1.47. The van der Waals surface area contributed by atoms with Gasteiger partial charge in [-0.3, -0.25) is 0 Å². The second-order valence-corrected chi connectivity index (χ2v) is 9.55. The van der Waals surface area contributed by atoms with E-state index < -0.39 is 16.1 Å². The molecule has 1 aromatic carbocycles. The zero-order valence-electron chi connectivity index (χ0n) is 14.1. The average molecular weight is 393 g/mol. The summed E-state index contributed by atoms with van der Waals surface area (Å²) >= 11 is 1.48. The first-order valence-corrected chi connectivity index (χ1v) is 10.8. The fourth-order valence-corrected chi connectivity index (χ4v) is 5.79. The second kappa shape index (κ2) is 7.28. The van der Waals surface area contributed by atoms with Crippen LogP contribution in [0.4, 0.5) is 0 Å². The normalized spacial score (nSPS) is 23.7. The zero-order chi connectivity index (χ0) is 18.1. The van der Waals surface area contributed by atoms with Crippen LogP contribution in [0.3, 0.4) is 0 Å². The Hall–Kier alpha value is -1.45. The first-order valence-electron chi connectivity index (χ1n) is 8.52. The van der Waals surface area contributed by atoms with Crippen molar-refractivity contribution in [1.29, 1.82) is 0 Å². The maximum Gasteiger partial charge on any atom is 0.244 e. The Morgan fingerprint density at radius 1 is 1.15 bits per heavy atom. The summed E-state index contributed by atoms with van der Waals surface area (Å²) in [6.07, 6.45) is 1.65. The minimum Gasteiger partial charge on any atom is -0.387 e. The number of aliphatic hydroxyl groups excluding tert-OH is 1. The summed E-state index contributed by atoms with van der Waals surface area (Å²) in [6.45, 7) is 1.57. The highest BCUT2D eigenvalue weighted by molar-refractivity contribution is 7.99. The number of benzene rings is 1. The van der Waals surface area contributed by atoms with Crippen molar-refractivity contribution in [2.45, 2.75) is 27.7 Å². The van der Waals surface area contributed by atoms with E-state index in [1.165, 1.54) is 22.3 Å². The number of rotatable bonds is 4. The van der Waals surface area contributed by atoms with Crippen LogP contribution in [0.1, 0.15) is 17.2 Å². The number of hydrogen-bond donors (Lipinski definition) is 1. The summed E-state index contributed by atoms with van der Waals surface area (Å²) in [4.78, 5) is 4.51. The van der Waals surface area contributed by atoms with Crippen LogP contribution < -0.4 is 0 Å². The molecule has 2 heterocycles. The Bertz CT molecular complexity index is 880. The van der Waals surface area contributed by atoms with Crippen LogP contribution in [0, 0.1) is 0 Å². The molecule has 2 aromatic rings. The van der Waals surface area contributed by atoms with E-state index in [0.29, 0.717) is 31.3 Å². The minimum absolute atomic E-state index is 0.0124. The van der Waals surface area contributed by atoms with E-state index in [2.05, 4.69) is 4.98 Å². The number of hydrogen-bond acceptors (Lipinski definition) is 6. The number of ether oxygens (including phenoxy) is 1. The van der Waals surface area contributed by atoms with Crippen LogP contribution in [-0.2, 0) is 21.2 Å². The summed E-state index contributed by atoms with van der Waals surface area (Å²) < 4.78 is 31.9. The largest absolute Gasteiger partial charge is 0.387 e. The second-order valence-electron chi connectivity index (χ2n) is 6.35. The summed E-state index contributed by atoms with van der Waals surface area (Å²) in [5.74, 6) is 0.